The van der Waals surface area contributed by atoms with Crippen molar-refractivity contribution >= 4 is 28.5 Å². The Labute approximate surface area is 91.9 Å². The first-order valence-corrected chi connectivity index (χ1v) is 6.48. The topological polar surface area (TPSA) is 54.4 Å². The van der Waals surface area contributed by atoms with Crippen molar-refractivity contribution < 1.29 is 27.3 Å². The number of aliphatic carboxylic acids is 1. The van der Waals surface area contributed by atoms with Gasteiger partial charge >= 0.3 is 11.5 Å². The van der Waals surface area contributed by atoms with Crippen LogP contribution in [0.25, 0.3) is 0 Å². The Morgan fingerprint density at radius 2 is 2.07 bits per heavy atom. The molecule has 90 valence electrons. The molecule has 0 aliphatic rings. The summed E-state index contributed by atoms with van der Waals surface area (Å²) in [4.78, 5) is 10.3. The number of carbonyl (C=O) groups is 1. The highest BCUT2D eigenvalue weighted by Gasteiger charge is 2.28. The third-order valence-electron chi connectivity index (χ3n) is 1.43. The fourth-order valence-corrected chi connectivity index (χ4v) is 2.86. The minimum atomic E-state index is -4.32. The lowest BCUT2D eigenvalue weighted by molar-refractivity contribution is -0.140. The predicted molar refractivity (Wildman–Crippen MR) is 53.2 cm³/mol. The van der Waals surface area contributed by atoms with Gasteiger partial charge in [-0.15, -0.1) is 0 Å². The van der Waals surface area contributed by atoms with Gasteiger partial charge in [-0.2, -0.15) is 13.2 Å². The molecule has 0 aromatic heterocycles. The van der Waals surface area contributed by atoms with Gasteiger partial charge < -0.3 is 5.11 Å². The third-order valence-corrected chi connectivity index (χ3v) is 3.96. The molecule has 8 heteroatoms. The Morgan fingerprint density at radius 1 is 1.53 bits per heavy atom. The van der Waals surface area contributed by atoms with Crippen molar-refractivity contribution in [3.05, 3.63) is 0 Å². The number of alkyl halides is 3. The fourth-order valence-electron chi connectivity index (χ4n) is 0.684. The van der Waals surface area contributed by atoms with E-state index < -0.39 is 28.2 Å². The van der Waals surface area contributed by atoms with Crippen molar-refractivity contribution in [2.45, 2.75) is 12.4 Å². The highest BCUT2D eigenvalue weighted by molar-refractivity contribution is 8.00. The average Bonchev–Trinajstić information content (AvgIpc) is 2.01. The standard InChI is InChI=1S/C7H11F3O3S2/c1-5(6(11)12)4-15(13)3-2-14-7(8,9)10/h5H,2-4H2,1H3,(H,11,12). The van der Waals surface area contributed by atoms with E-state index in [-0.39, 0.29) is 29.0 Å². The normalized spacial score (nSPS) is 16.0. The lowest BCUT2D eigenvalue weighted by Gasteiger charge is -2.07. The summed E-state index contributed by atoms with van der Waals surface area (Å²) in [5.41, 5.74) is -4.32. The van der Waals surface area contributed by atoms with Gasteiger partial charge in [0.05, 0.1) is 5.92 Å². The molecule has 0 saturated heterocycles. The zero-order valence-electron chi connectivity index (χ0n) is 7.91. The molecular formula is C7H11F3O3S2. The van der Waals surface area contributed by atoms with Gasteiger partial charge in [0.2, 0.25) is 0 Å². The van der Waals surface area contributed by atoms with E-state index in [9.17, 15) is 22.2 Å². The zero-order valence-corrected chi connectivity index (χ0v) is 9.55. The molecule has 0 aliphatic carbocycles. The lowest BCUT2D eigenvalue weighted by Crippen LogP contribution is -2.19. The monoisotopic (exact) mass is 264 g/mol. The maximum Gasteiger partial charge on any atom is 0.441 e. The second kappa shape index (κ2) is 6.37. The van der Waals surface area contributed by atoms with Gasteiger partial charge in [-0.1, -0.05) is 18.7 Å². The first-order valence-electron chi connectivity index (χ1n) is 4.01. The molecule has 3 nitrogen and oxygen atoms in total. The van der Waals surface area contributed by atoms with Gasteiger partial charge in [0.25, 0.3) is 0 Å². The Balaban J connectivity index is 3.72. The highest BCUT2D eigenvalue weighted by atomic mass is 32.2. The predicted octanol–water partition coefficient (Wildman–Crippen LogP) is 1.71. The van der Waals surface area contributed by atoms with E-state index >= 15 is 0 Å². The van der Waals surface area contributed by atoms with Crippen LogP contribution in [0.4, 0.5) is 13.2 Å². The second-order valence-electron chi connectivity index (χ2n) is 2.84. The van der Waals surface area contributed by atoms with Crippen LogP contribution in [0.15, 0.2) is 0 Å². The molecule has 0 heterocycles. The molecule has 2 unspecified atom stereocenters. The number of rotatable bonds is 6. The molecule has 2 atom stereocenters. The summed E-state index contributed by atoms with van der Waals surface area (Å²) in [6.07, 6.45) is 0. The average molecular weight is 264 g/mol. The number of halogens is 3. The van der Waals surface area contributed by atoms with Crippen molar-refractivity contribution in [1.82, 2.24) is 0 Å². The van der Waals surface area contributed by atoms with Crippen LogP contribution in [0.2, 0.25) is 0 Å². The van der Waals surface area contributed by atoms with Crippen molar-refractivity contribution in [2.75, 3.05) is 17.3 Å². The van der Waals surface area contributed by atoms with Crippen LogP contribution in [-0.4, -0.2) is 38.1 Å². The Hall–Kier alpha value is -0.240. The number of carboxylic acid groups (broad SMARTS) is 1. The molecule has 0 spiro atoms. The molecule has 0 aliphatic heterocycles. The minimum Gasteiger partial charge on any atom is -0.481 e. The van der Waals surface area contributed by atoms with Gasteiger partial charge in [-0.05, 0) is 0 Å². The van der Waals surface area contributed by atoms with Crippen LogP contribution in [0.3, 0.4) is 0 Å². The van der Waals surface area contributed by atoms with Gasteiger partial charge in [0, 0.05) is 28.1 Å². The molecule has 15 heavy (non-hydrogen) atoms. The van der Waals surface area contributed by atoms with E-state index in [4.69, 9.17) is 5.11 Å². The molecule has 0 saturated carbocycles. The van der Waals surface area contributed by atoms with Crippen LogP contribution >= 0.6 is 11.8 Å². The van der Waals surface area contributed by atoms with Crippen LogP contribution in [0, 0.1) is 5.92 Å². The van der Waals surface area contributed by atoms with E-state index in [1.54, 1.807) is 0 Å². The van der Waals surface area contributed by atoms with Crippen molar-refractivity contribution in [3.8, 4) is 0 Å². The van der Waals surface area contributed by atoms with E-state index in [1.807, 2.05) is 0 Å². The second-order valence-corrected chi connectivity index (χ2v) is 5.63. The molecular weight excluding hydrogens is 253 g/mol. The molecule has 0 radical (unpaired) electrons. The summed E-state index contributed by atoms with van der Waals surface area (Å²) in [6, 6.07) is 0. The largest absolute Gasteiger partial charge is 0.481 e. The van der Waals surface area contributed by atoms with Crippen molar-refractivity contribution in [2.24, 2.45) is 5.92 Å². The molecule has 0 aromatic carbocycles. The van der Waals surface area contributed by atoms with Gasteiger partial charge in [-0.25, -0.2) is 0 Å². The number of carboxylic acids is 1. The van der Waals surface area contributed by atoms with Gasteiger partial charge in [0.15, 0.2) is 0 Å². The first-order chi connectivity index (χ1) is 6.72. The fraction of sp³-hybridized carbons (Fsp3) is 0.857. The molecule has 0 rings (SSSR count). The maximum absolute atomic E-state index is 11.7. The lowest BCUT2D eigenvalue weighted by atomic mass is 10.2. The summed E-state index contributed by atoms with van der Waals surface area (Å²) in [7, 11) is -1.51. The third kappa shape index (κ3) is 8.73. The van der Waals surface area contributed by atoms with Crippen LogP contribution in [0.5, 0.6) is 0 Å². The van der Waals surface area contributed by atoms with Crippen molar-refractivity contribution in [3.63, 3.8) is 0 Å². The SMILES string of the molecule is CC(CS(=O)CCSC(F)(F)F)C(=O)O. The zero-order chi connectivity index (χ0) is 12.1. The summed E-state index contributed by atoms with van der Waals surface area (Å²) in [5, 5.41) is 8.47. The van der Waals surface area contributed by atoms with Crippen LogP contribution in [0.1, 0.15) is 6.92 Å². The quantitative estimate of drug-likeness (QED) is 0.793. The number of hydrogen-bond acceptors (Lipinski definition) is 3. The molecule has 0 amide bonds. The van der Waals surface area contributed by atoms with E-state index in [0.717, 1.165) is 0 Å². The van der Waals surface area contributed by atoms with Crippen LogP contribution < -0.4 is 0 Å². The summed E-state index contributed by atoms with van der Waals surface area (Å²) in [5.74, 6) is -2.42. The van der Waals surface area contributed by atoms with E-state index in [0.29, 0.717) is 0 Å². The summed E-state index contributed by atoms with van der Waals surface area (Å²) < 4.78 is 46.1. The number of thioether (sulfide) groups is 1. The maximum atomic E-state index is 11.7. The number of hydrogen-bond donors (Lipinski definition) is 1. The molecule has 0 fully saturated rings. The van der Waals surface area contributed by atoms with E-state index in [2.05, 4.69) is 0 Å². The first kappa shape index (κ1) is 14.8. The van der Waals surface area contributed by atoms with E-state index in [1.165, 1.54) is 6.92 Å². The Morgan fingerprint density at radius 3 is 2.47 bits per heavy atom. The van der Waals surface area contributed by atoms with Gasteiger partial charge in [-0.3, -0.25) is 9.00 Å². The van der Waals surface area contributed by atoms with Gasteiger partial charge in [0.1, 0.15) is 0 Å². The van der Waals surface area contributed by atoms with Crippen LogP contribution in [-0.2, 0) is 15.6 Å². The summed E-state index contributed by atoms with van der Waals surface area (Å²) >= 11 is -0.243. The minimum absolute atomic E-state index is 0.103. The Kier molecular flexibility index (Phi) is 6.26. The molecule has 1 N–H and O–H groups in total. The highest BCUT2D eigenvalue weighted by Crippen LogP contribution is 2.29. The summed E-state index contributed by atoms with van der Waals surface area (Å²) in [6.45, 7) is 1.37. The smallest absolute Gasteiger partial charge is 0.441 e. The molecule has 0 bridgehead atoms. The Bertz CT molecular complexity index is 242. The van der Waals surface area contributed by atoms with Crippen molar-refractivity contribution in [1.29, 1.82) is 0 Å². The molecule has 0 aromatic rings.